The minimum atomic E-state index is 0.232. The largest absolute Gasteiger partial charge is 0.377 e. The first-order valence-electron chi connectivity index (χ1n) is 7.92. The molecule has 0 aromatic rings. The Labute approximate surface area is 118 Å². The normalized spacial score (nSPS) is 43.3. The number of ether oxygens (including phenoxy) is 2. The van der Waals surface area contributed by atoms with Gasteiger partial charge in [0.2, 0.25) is 0 Å². The second-order valence-corrected chi connectivity index (χ2v) is 6.87. The number of hydrogen-bond donors (Lipinski definition) is 1. The van der Waals surface area contributed by atoms with Crippen molar-refractivity contribution in [3.63, 3.8) is 0 Å². The fourth-order valence-corrected chi connectivity index (χ4v) is 3.81. The number of rotatable bonds is 5. The maximum Gasteiger partial charge on any atom is 0.0986 e. The highest BCUT2D eigenvalue weighted by Gasteiger charge is 2.44. The molecule has 2 rings (SSSR count). The third-order valence-electron chi connectivity index (χ3n) is 5.20. The molecule has 19 heavy (non-hydrogen) atoms. The van der Waals surface area contributed by atoms with Crippen LogP contribution in [0.15, 0.2) is 0 Å². The van der Waals surface area contributed by atoms with Crippen LogP contribution in [0.25, 0.3) is 0 Å². The molecule has 0 aliphatic heterocycles. The van der Waals surface area contributed by atoms with Gasteiger partial charge >= 0.3 is 0 Å². The highest BCUT2D eigenvalue weighted by molar-refractivity contribution is 4.97. The molecule has 3 nitrogen and oxygen atoms in total. The summed E-state index contributed by atoms with van der Waals surface area (Å²) in [7, 11) is 3.81. The molecule has 0 amide bonds. The van der Waals surface area contributed by atoms with E-state index in [2.05, 4.69) is 26.1 Å². The monoisotopic (exact) mass is 269 g/mol. The Morgan fingerprint density at radius 1 is 1.11 bits per heavy atom. The predicted molar refractivity (Wildman–Crippen MR) is 78.3 cm³/mol. The molecule has 0 aromatic carbocycles. The van der Waals surface area contributed by atoms with Crippen LogP contribution in [0.1, 0.15) is 46.5 Å². The Bertz CT molecular complexity index is 282. The van der Waals surface area contributed by atoms with Gasteiger partial charge in [0.15, 0.2) is 0 Å². The van der Waals surface area contributed by atoms with E-state index in [-0.39, 0.29) is 6.10 Å². The van der Waals surface area contributed by atoms with Crippen molar-refractivity contribution >= 4 is 0 Å². The van der Waals surface area contributed by atoms with Crippen LogP contribution in [0, 0.1) is 17.8 Å². The van der Waals surface area contributed by atoms with Gasteiger partial charge in [-0.25, -0.2) is 0 Å². The van der Waals surface area contributed by atoms with Gasteiger partial charge < -0.3 is 14.8 Å². The van der Waals surface area contributed by atoms with Gasteiger partial charge in [0, 0.05) is 13.2 Å². The molecule has 2 saturated carbocycles. The van der Waals surface area contributed by atoms with Crippen molar-refractivity contribution in [2.24, 2.45) is 17.8 Å². The average Bonchev–Trinajstić information content (AvgIpc) is 2.34. The van der Waals surface area contributed by atoms with Crippen LogP contribution in [0.2, 0.25) is 0 Å². The van der Waals surface area contributed by atoms with Crippen LogP contribution >= 0.6 is 0 Å². The highest BCUT2D eigenvalue weighted by Crippen LogP contribution is 2.38. The first-order valence-corrected chi connectivity index (χ1v) is 7.92. The maximum absolute atomic E-state index is 6.44. The van der Waals surface area contributed by atoms with Crippen molar-refractivity contribution < 1.29 is 9.47 Å². The van der Waals surface area contributed by atoms with Crippen LogP contribution in [-0.2, 0) is 9.47 Å². The second-order valence-electron chi connectivity index (χ2n) is 6.87. The molecule has 6 unspecified atom stereocenters. The predicted octanol–water partition coefficient (Wildman–Crippen LogP) is 2.84. The summed E-state index contributed by atoms with van der Waals surface area (Å²) in [6.07, 6.45) is 5.95. The van der Waals surface area contributed by atoms with Crippen molar-refractivity contribution in [1.29, 1.82) is 0 Å². The van der Waals surface area contributed by atoms with Gasteiger partial charge in [-0.3, -0.25) is 0 Å². The second kappa shape index (κ2) is 6.55. The lowest BCUT2D eigenvalue weighted by Gasteiger charge is -2.47. The van der Waals surface area contributed by atoms with Crippen LogP contribution in [0.3, 0.4) is 0 Å². The van der Waals surface area contributed by atoms with E-state index in [9.17, 15) is 0 Å². The number of methoxy groups -OCH3 is 1. The summed E-state index contributed by atoms with van der Waals surface area (Å²) in [5.74, 6) is 2.25. The zero-order valence-corrected chi connectivity index (χ0v) is 13.2. The van der Waals surface area contributed by atoms with Crippen LogP contribution in [0.4, 0.5) is 0 Å². The van der Waals surface area contributed by atoms with Gasteiger partial charge in [-0.2, -0.15) is 0 Å². The Morgan fingerprint density at radius 3 is 2.42 bits per heavy atom. The zero-order valence-electron chi connectivity index (χ0n) is 13.2. The molecule has 0 spiro atoms. The van der Waals surface area contributed by atoms with Crippen LogP contribution in [-0.4, -0.2) is 38.5 Å². The van der Waals surface area contributed by atoms with Gasteiger partial charge in [0.1, 0.15) is 0 Å². The van der Waals surface area contributed by atoms with Crippen molar-refractivity contribution in [3.8, 4) is 0 Å². The lowest BCUT2D eigenvalue weighted by Crippen LogP contribution is -2.60. The molecular formula is C16H31NO2. The summed E-state index contributed by atoms with van der Waals surface area (Å²) in [5, 5.41) is 3.31. The van der Waals surface area contributed by atoms with Gasteiger partial charge in [0.25, 0.3) is 0 Å². The molecule has 2 aliphatic rings. The lowest BCUT2D eigenvalue weighted by molar-refractivity contribution is -0.179. The molecule has 0 saturated heterocycles. The third-order valence-corrected chi connectivity index (χ3v) is 5.20. The highest BCUT2D eigenvalue weighted by atomic mass is 16.5. The van der Waals surface area contributed by atoms with E-state index in [1.807, 2.05) is 7.05 Å². The van der Waals surface area contributed by atoms with Gasteiger partial charge in [-0.15, -0.1) is 0 Å². The third kappa shape index (κ3) is 3.32. The van der Waals surface area contributed by atoms with Crippen LogP contribution in [0.5, 0.6) is 0 Å². The van der Waals surface area contributed by atoms with Crippen molar-refractivity contribution in [3.05, 3.63) is 0 Å². The molecule has 0 bridgehead atoms. The van der Waals surface area contributed by atoms with Gasteiger partial charge in [-0.05, 0) is 44.1 Å². The molecule has 0 aromatic heterocycles. The minimum Gasteiger partial charge on any atom is -0.377 e. The molecule has 6 atom stereocenters. The fourth-order valence-electron chi connectivity index (χ4n) is 3.81. The van der Waals surface area contributed by atoms with E-state index >= 15 is 0 Å². The first-order chi connectivity index (χ1) is 9.06. The van der Waals surface area contributed by atoms with Crippen LogP contribution < -0.4 is 5.32 Å². The molecule has 1 N–H and O–H groups in total. The average molecular weight is 269 g/mol. The van der Waals surface area contributed by atoms with Crippen molar-refractivity contribution in [2.75, 3.05) is 14.2 Å². The van der Waals surface area contributed by atoms with Gasteiger partial charge in [0.05, 0.1) is 18.3 Å². The Kier molecular flexibility index (Phi) is 5.27. The molecule has 3 heteroatoms. The summed E-state index contributed by atoms with van der Waals surface area (Å²) in [4.78, 5) is 0. The molecule has 0 radical (unpaired) electrons. The number of likely N-dealkylation sites (N-methyl/N-ethyl adjacent to an activating group) is 1. The standard InChI is InChI=1S/C16H31NO2/c1-10(2)12-7-6-11(3)8-14(12)19-15-9-13(17-4)16(15)18-5/h10-17H,6-9H2,1-5H3. The Morgan fingerprint density at radius 2 is 1.84 bits per heavy atom. The molecule has 112 valence electrons. The topological polar surface area (TPSA) is 30.5 Å². The summed E-state index contributed by atoms with van der Waals surface area (Å²) < 4.78 is 12.0. The lowest BCUT2D eigenvalue weighted by atomic mass is 9.75. The van der Waals surface area contributed by atoms with E-state index < -0.39 is 0 Å². The number of nitrogens with one attached hydrogen (secondary N) is 1. The Hall–Kier alpha value is -0.120. The maximum atomic E-state index is 6.44. The van der Waals surface area contributed by atoms with E-state index in [1.165, 1.54) is 19.3 Å². The molecular weight excluding hydrogens is 238 g/mol. The fraction of sp³-hybridized carbons (Fsp3) is 1.00. The van der Waals surface area contributed by atoms with Gasteiger partial charge in [-0.1, -0.05) is 27.2 Å². The molecule has 2 fully saturated rings. The van der Waals surface area contributed by atoms with Crippen molar-refractivity contribution in [2.45, 2.75) is 70.8 Å². The molecule has 2 aliphatic carbocycles. The van der Waals surface area contributed by atoms with E-state index in [1.54, 1.807) is 7.11 Å². The molecule has 0 heterocycles. The smallest absolute Gasteiger partial charge is 0.0986 e. The van der Waals surface area contributed by atoms with E-state index in [0.717, 1.165) is 24.2 Å². The van der Waals surface area contributed by atoms with E-state index in [4.69, 9.17) is 9.47 Å². The van der Waals surface area contributed by atoms with E-state index in [0.29, 0.717) is 18.2 Å². The van der Waals surface area contributed by atoms with Crippen molar-refractivity contribution in [1.82, 2.24) is 5.32 Å². The quantitative estimate of drug-likeness (QED) is 0.832. The Balaban J connectivity index is 1.92. The SMILES string of the molecule is CNC1CC(OC2CC(C)CCC2C(C)C)C1OC. The summed E-state index contributed by atoms with van der Waals surface area (Å²) in [6, 6.07) is 0.466. The number of hydrogen-bond acceptors (Lipinski definition) is 3. The summed E-state index contributed by atoms with van der Waals surface area (Å²) in [6.45, 7) is 7.03. The zero-order chi connectivity index (χ0) is 14.0. The summed E-state index contributed by atoms with van der Waals surface area (Å²) in [5.41, 5.74) is 0. The minimum absolute atomic E-state index is 0.232. The first kappa shape index (κ1) is 15.3. The summed E-state index contributed by atoms with van der Waals surface area (Å²) >= 11 is 0.